The molecule has 0 unspecified atom stereocenters. The van der Waals surface area contributed by atoms with Crippen LogP contribution in [0.3, 0.4) is 0 Å². The second-order valence-corrected chi connectivity index (χ2v) is 15.5. The molecule has 1 N–H and O–H groups in total. The Morgan fingerprint density at radius 3 is 1.47 bits per heavy atom. The Hall–Kier alpha value is 0.682. The van der Waals surface area contributed by atoms with Gasteiger partial charge in [-0.1, -0.05) is 0 Å². The zero-order chi connectivity index (χ0) is 12.1. The molecule has 0 atom stereocenters. The minimum absolute atomic E-state index is 0.306. The van der Waals surface area contributed by atoms with Gasteiger partial charge in [-0.05, 0) is 0 Å². The Kier molecular flexibility index (Phi) is 17.7. The molecule has 0 aliphatic heterocycles. The van der Waals surface area contributed by atoms with Crippen molar-refractivity contribution in [3.8, 4) is 0 Å². The fourth-order valence-corrected chi connectivity index (χ4v) is 12.6. The van der Waals surface area contributed by atoms with E-state index in [4.69, 9.17) is 16.7 Å². The maximum atomic E-state index is 9.24. The van der Waals surface area contributed by atoms with Crippen LogP contribution >= 0.6 is 11.6 Å². The molecule has 15 heavy (non-hydrogen) atoms. The second kappa shape index (κ2) is 14.7. The number of alkyl halides is 1. The third-order valence-electron chi connectivity index (χ3n) is 1.92. The van der Waals surface area contributed by atoms with Crippen LogP contribution in [0.2, 0.25) is 11.9 Å². The van der Waals surface area contributed by atoms with Gasteiger partial charge in [-0.25, -0.2) is 0 Å². The van der Waals surface area contributed by atoms with Crippen molar-refractivity contribution in [2.75, 3.05) is 5.88 Å². The smallest absolute Gasteiger partial charge is 0.318 e. The number of halogens is 1. The predicted molar refractivity (Wildman–Crippen MR) is 69.4 cm³/mol. The van der Waals surface area contributed by atoms with Crippen molar-refractivity contribution in [1.29, 1.82) is 0 Å². The average molecular weight is 431 g/mol. The molecular formula is C11H24ClO2Pb. The van der Waals surface area contributed by atoms with E-state index in [0.29, 0.717) is 0 Å². The predicted octanol–water partition coefficient (Wildman–Crippen LogP) is 4.02. The monoisotopic (exact) mass is 431 g/mol. The molecule has 0 spiro atoms. The Balaban J connectivity index is 0. The van der Waals surface area contributed by atoms with E-state index in [0.717, 1.165) is 0 Å². The summed E-state index contributed by atoms with van der Waals surface area (Å²) in [5.41, 5.74) is 0. The number of carboxylic acid groups (broad SMARTS) is 1. The number of hydrogen-bond donors (Lipinski definition) is 1. The first-order valence-electron chi connectivity index (χ1n) is 5.73. The number of carboxylic acids is 1. The Morgan fingerprint density at radius 2 is 1.33 bits per heavy atom. The molecule has 4 heteroatoms. The molecule has 0 bridgehead atoms. The molecule has 0 fully saturated rings. The summed E-state index contributed by atoms with van der Waals surface area (Å²) in [4.78, 5) is 9.24. The van der Waals surface area contributed by atoms with Gasteiger partial charge < -0.3 is 5.11 Å². The summed E-state index contributed by atoms with van der Waals surface area (Å²) in [5, 5.41) is 7.59. The minimum atomic E-state index is -0.980. The Morgan fingerprint density at radius 1 is 1.07 bits per heavy atom. The summed E-state index contributed by atoms with van der Waals surface area (Å²) in [6, 6.07) is 0. The summed E-state index contributed by atoms with van der Waals surface area (Å²) >= 11 is 3.83. The SMILES string of the molecule is CC[CH2][Pb]([CH2]CC)[CH2]CC.O=C(O)CCl. The molecule has 0 heterocycles. The largest absolute Gasteiger partial charge is 0.480 e. The van der Waals surface area contributed by atoms with E-state index in [1.165, 1.54) is 19.3 Å². The fourth-order valence-electron chi connectivity index (χ4n) is 1.44. The zero-order valence-electron chi connectivity index (χ0n) is 10.2. The van der Waals surface area contributed by atoms with Crippen molar-refractivity contribution >= 4 is 40.3 Å². The Bertz CT molecular complexity index is 128. The van der Waals surface area contributed by atoms with Gasteiger partial charge in [0.2, 0.25) is 0 Å². The molecule has 91 valence electrons. The van der Waals surface area contributed by atoms with Crippen molar-refractivity contribution < 1.29 is 9.90 Å². The van der Waals surface area contributed by atoms with E-state index in [-0.39, 0.29) is 5.88 Å². The van der Waals surface area contributed by atoms with E-state index in [1.54, 1.807) is 11.9 Å². The van der Waals surface area contributed by atoms with Crippen LogP contribution in [0.15, 0.2) is 0 Å². The van der Waals surface area contributed by atoms with E-state index in [1.807, 2.05) is 0 Å². The van der Waals surface area contributed by atoms with Gasteiger partial charge in [0.15, 0.2) is 0 Å². The first-order chi connectivity index (χ1) is 7.12. The van der Waals surface area contributed by atoms with Gasteiger partial charge in [-0.3, -0.25) is 4.79 Å². The van der Waals surface area contributed by atoms with Crippen LogP contribution in [0.25, 0.3) is 0 Å². The molecule has 0 aliphatic rings. The van der Waals surface area contributed by atoms with Crippen LogP contribution in [-0.4, -0.2) is 39.7 Å². The van der Waals surface area contributed by atoms with E-state index < -0.39 is 28.7 Å². The second-order valence-electron chi connectivity index (χ2n) is 3.53. The average Bonchev–Trinajstić information content (AvgIpc) is 2.20. The van der Waals surface area contributed by atoms with Crippen LogP contribution in [0, 0.1) is 0 Å². The van der Waals surface area contributed by atoms with Crippen LogP contribution < -0.4 is 0 Å². The maximum Gasteiger partial charge on any atom is 0.318 e. The fraction of sp³-hybridized carbons (Fsp3) is 0.909. The van der Waals surface area contributed by atoms with Gasteiger partial charge >= 0.3 is 80.6 Å². The van der Waals surface area contributed by atoms with Gasteiger partial charge in [0.25, 0.3) is 0 Å². The molecule has 0 aromatic rings. The molecule has 0 aliphatic carbocycles. The molecule has 0 aromatic heterocycles. The normalized spacial score (nSPS) is 9.67. The number of aliphatic carboxylic acids is 1. The van der Waals surface area contributed by atoms with Crippen LogP contribution in [-0.2, 0) is 4.79 Å². The van der Waals surface area contributed by atoms with Crippen molar-refractivity contribution in [2.45, 2.75) is 52.0 Å². The quantitative estimate of drug-likeness (QED) is 0.489. The molecule has 0 rings (SSSR count). The zero-order valence-corrected chi connectivity index (χ0v) is 14.8. The molecular weight excluding hydrogens is 407 g/mol. The maximum absolute atomic E-state index is 9.24. The first-order valence-corrected chi connectivity index (χ1v) is 14.5. The minimum Gasteiger partial charge on any atom is -0.480 e. The molecule has 2 nitrogen and oxygen atoms in total. The third kappa shape index (κ3) is 17.3. The summed E-state index contributed by atoms with van der Waals surface area (Å²) in [7, 11) is 0. The third-order valence-corrected chi connectivity index (χ3v) is 16.2. The molecule has 0 aromatic carbocycles. The van der Waals surface area contributed by atoms with E-state index in [9.17, 15) is 4.79 Å². The van der Waals surface area contributed by atoms with Gasteiger partial charge in [0.05, 0.1) is 0 Å². The summed E-state index contributed by atoms with van der Waals surface area (Å²) in [6.07, 6.45) is 4.38. The van der Waals surface area contributed by atoms with Crippen LogP contribution in [0.5, 0.6) is 0 Å². The summed E-state index contributed by atoms with van der Waals surface area (Å²) in [5.74, 6) is -1.29. The van der Waals surface area contributed by atoms with Crippen LogP contribution in [0.1, 0.15) is 40.0 Å². The van der Waals surface area contributed by atoms with E-state index >= 15 is 0 Å². The standard InChI is InChI=1S/3C3H7.C2H3ClO2.Pb/c3*1-3-2;3-1-2(4)5;/h3*1,3H2,2H3;1H2,(H,4,5);. The number of carbonyl (C=O) groups is 1. The first kappa shape index (κ1) is 18.1. The Labute approximate surface area is 108 Å². The molecule has 0 amide bonds. The van der Waals surface area contributed by atoms with Crippen molar-refractivity contribution in [3.63, 3.8) is 0 Å². The number of hydrogen-bond acceptors (Lipinski definition) is 1. The summed E-state index contributed by atoms with van der Waals surface area (Å²) in [6.45, 7) is 7.03. The van der Waals surface area contributed by atoms with Gasteiger partial charge in [-0.2, -0.15) is 0 Å². The van der Waals surface area contributed by atoms with E-state index in [2.05, 4.69) is 20.8 Å². The molecule has 1 radical (unpaired) electrons. The number of rotatable bonds is 7. The van der Waals surface area contributed by atoms with Crippen molar-refractivity contribution in [1.82, 2.24) is 0 Å². The van der Waals surface area contributed by atoms with Gasteiger partial charge in [0.1, 0.15) is 5.88 Å². The topological polar surface area (TPSA) is 37.3 Å². The molecule has 0 saturated heterocycles. The van der Waals surface area contributed by atoms with Crippen molar-refractivity contribution in [2.24, 2.45) is 0 Å². The summed E-state index contributed by atoms with van der Waals surface area (Å²) < 4.78 is 4.98. The van der Waals surface area contributed by atoms with Gasteiger partial charge in [0, 0.05) is 0 Å². The van der Waals surface area contributed by atoms with Crippen molar-refractivity contribution in [3.05, 3.63) is 0 Å². The van der Waals surface area contributed by atoms with Crippen LogP contribution in [0.4, 0.5) is 0 Å². The van der Waals surface area contributed by atoms with Gasteiger partial charge in [-0.15, -0.1) is 11.6 Å². The molecule has 0 saturated carbocycles.